The number of rotatable bonds is 6. The van der Waals surface area contributed by atoms with Gasteiger partial charge in [0.1, 0.15) is 16.8 Å². The number of amides is 1. The third kappa shape index (κ3) is 5.32. The van der Waals surface area contributed by atoms with Gasteiger partial charge in [0.05, 0.1) is 12.5 Å². The molecule has 1 aliphatic rings. The Balaban J connectivity index is 1.81. The molecule has 1 aliphatic carbocycles. The number of carbonyl (C=O) groups is 1. The summed E-state index contributed by atoms with van der Waals surface area (Å²) in [7, 11) is -4.43. The van der Waals surface area contributed by atoms with Crippen molar-refractivity contribution in [3.63, 3.8) is 0 Å². The summed E-state index contributed by atoms with van der Waals surface area (Å²) in [5, 5.41) is 2.48. The van der Waals surface area contributed by atoms with Crippen LogP contribution in [0, 0.1) is 5.92 Å². The van der Waals surface area contributed by atoms with Gasteiger partial charge in [-0.05, 0) is 24.5 Å². The van der Waals surface area contributed by atoms with Crippen LogP contribution in [-0.4, -0.2) is 33.4 Å². The second-order valence-electron chi connectivity index (χ2n) is 6.95. The van der Waals surface area contributed by atoms with E-state index in [1.165, 1.54) is 6.07 Å². The molecule has 2 N–H and O–H groups in total. The Morgan fingerprint density at radius 3 is 2.48 bits per heavy atom. The van der Waals surface area contributed by atoms with Gasteiger partial charge in [-0.25, -0.2) is 9.97 Å². The summed E-state index contributed by atoms with van der Waals surface area (Å²) in [5.41, 5.74) is -1.09. The molecule has 8 nitrogen and oxygen atoms in total. The second kappa shape index (κ2) is 8.11. The van der Waals surface area contributed by atoms with E-state index >= 15 is 0 Å². The van der Waals surface area contributed by atoms with E-state index in [1.807, 2.05) is 0 Å². The first kappa shape index (κ1) is 21.2. The average Bonchev–Trinajstić information content (AvgIpc) is 3.30. The predicted molar refractivity (Wildman–Crippen MR) is 95.5 cm³/mol. The van der Waals surface area contributed by atoms with Crippen LogP contribution < -0.4 is 5.32 Å². The lowest BCUT2D eigenvalue weighted by Gasteiger charge is -2.21. The van der Waals surface area contributed by atoms with Crippen molar-refractivity contribution in [3.05, 3.63) is 36.5 Å². The van der Waals surface area contributed by atoms with Crippen molar-refractivity contribution >= 4 is 21.8 Å². The highest BCUT2D eigenvalue weighted by atomic mass is 32.2. The largest absolute Gasteiger partial charge is 0.434 e. The zero-order valence-electron chi connectivity index (χ0n) is 15.1. The molecule has 0 radical (unpaired) electrons. The number of anilines is 1. The van der Waals surface area contributed by atoms with Crippen LogP contribution in [-0.2, 0) is 21.1 Å². The number of hydrogen-bond acceptors (Lipinski definition) is 5. The maximum Gasteiger partial charge on any atom is 0.434 e. The van der Waals surface area contributed by atoms with Crippen molar-refractivity contribution in [1.82, 2.24) is 14.5 Å². The molecule has 29 heavy (non-hydrogen) atoms. The smallest absolute Gasteiger partial charge is 0.324 e. The lowest BCUT2D eigenvalue weighted by atomic mass is 9.97. The highest BCUT2D eigenvalue weighted by Gasteiger charge is 2.35. The molecule has 1 unspecified atom stereocenters. The molecule has 1 saturated carbocycles. The van der Waals surface area contributed by atoms with E-state index in [2.05, 4.69) is 15.3 Å². The third-order valence-electron chi connectivity index (χ3n) is 4.87. The molecule has 1 atom stereocenters. The van der Waals surface area contributed by atoms with Crippen molar-refractivity contribution in [3.8, 4) is 0 Å². The molecule has 0 saturated heterocycles. The summed E-state index contributed by atoms with van der Waals surface area (Å²) in [6.45, 7) is 0. The van der Waals surface area contributed by atoms with Crippen LogP contribution >= 0.6 is 0 Å². The number of pyridine rings is 1. The van der Waals surface area contributed by atoms with Gasteiger partial charge in [-0.3, -0.25) is 9.35 Å². The molecule has 158 valence electrons. The van der Waals surface area contributed by atoms with E-state index in [0.29, 0.717) is 6.42 Å². The van der Waals surface area contributed by atoms with Gasteiger partial charge in [0, 0.05) is 6.20 Å². The summed E-state index contributed by atoms with van der Waals surface area (Å²) in [6, 6.07) is 1.32. The molecule has 2 heterocycles. The van der Waals surface area contributed by atoms with Crippen LogP contribution in [0.3, 0.4) is 0 Å². The van der Waals surface area contributed by atoms with E-state index in [0.717, 1.165) is 55.0 Å². The number of aromatic nitrogens is 3. The van der Waals surface area contributed by atoms with Gasteiger partial charge < -0.3 is 9.88 Å². The first-order valence-electron chi connectivity index (χ1n) is 8.89. The van der Waals surface area contributed by atoms with Gasteiger partial charge in [-0.2, -0.15) is 21.6 Å². The molecule has 2 aromatic heterocycles. The maximum atomic E-state index is 12.9. The number of carbonyl (C=O) groups excluding carboxylic acids is 1. The molecule has 1 amide bonds. The Morgan fingerprint density at radius 1 is 1.28 bits per heavy atom. The van der Waals surface area contributed by atoms with E-state index in [4.69, 9.17) is 4.55 Å². The molecule has 12 heteroatoms. The predicted octanol–water partition coefficient (Wildman–Crippen LogP) is 3.30. The molecule has 0 bridgehead atoms. The molecule has 3 rings (SSSR count). The van der Waals surface area contributed by atoms with Gasteiger partial charge in [0.2, 0.25) is 5.91 Å². The van der Waals surface area contributed by atoms with Crippen LogP contribution in [0.15, 0.2) is 35.7 Å². The summed E-state index contributed by atoms with van der Waals surface area (Å²) in [6.07, 6.45) is 2.19. The Labute approximate surface area is 164 Å². The van der Waals surface area contributed by atoms with E-state index in [9.17, 15) is 26.4 Å². The van der Waals surface area contributed by atoms with Crippen LogP contribution in [0.4, 0.5) is 19.0 Å². The minimum absolute atomic E-state index is 0.00924. The third-order valence-corrected chi connectivity index (χ3v) is 5.71. The van der Waals surface area contributed by atoms with Crippen molar-refractivity contribution < 1.29 is 30.9 Å². The van der Waals surface area contributed by atoms with Crippen molar-refractivity contribution in [1.29, 1.82) is 0 Å². The Hall–Kier alpha value is -2.47. The summed E-state index contributed by atoms with van der Waals surface area (Å²) < 4.78 is 70.9. The quantitative estimate of drug-likeness (QED) is 0.677. The van der Waals surface area contributed by atoms with E-state index < -0.39 is 38.8 Å². The zero-order valence-corrected chi connectivity index (χ0v) is 15.9. The Bertz CT molecular complexity index is 967. The minimum atomic E-state index is -4.62. The van der Waals surface area contributed by atoms with Crippen LogP contribution in [0.1, 0.15) is 43.8 Å². The standard InChI is InChI=1S/C17H19F3N4O4S/c18-17(19,20)14-9-24(10-22-14)13(7-11-3-1-2-4-11)16(25)23-15-6-5-12(8-21-15)29(26,27)28/h5-6,8-11,13H,1-4,7H2,(H,21,23,25)(H,26,27,28). The van der Waals surface area contributed by atoms with Crippen LogP contribution in [0.2, 0.25) is 0 Å². The number of alkyl halides is 3. The minimum Gasteiger partial charge on any atom is -0.324 e. The van der Waals surface area contributed by atoms with Gasteiger partial charge in [0.25, 0.3) is 10.1 Å². The molecule has 0 aromatic carbocycles. The topological polar surface area (TPSA) is 114 Å². The molecule has 1 fully saturated rings. The molecular weight excluding hydrogens is 413 g/mol. The highest BCUT2D eigenvalue weighted by Crippen LogP contribution is 2.34. The fourth-order valence-electron chi connectivity index (χ4n) is 3.40. The summed E-state index contributed by atoms with van der Waals surface area (Å²) in [5.74, 6) is -0.373. The summed E-state index contributed by atoms with van der Waals surface area (Å²) >= 11 is 0. The van der Waals surface area contributed by atoms with Gasteiger partial charge in [-0.1, -0.05) is 25.7 Å². The first-order chi connectivity index (χ1) is 13.5. The van der Waals surface area contributed by atoms with E-state index in [-0.39, 0.29) is 11.7 Å². The van der Waals surface area contributed by atoms with Gasteiger partial charge >= 0.3 is 6.18 Å². The van der Waals surface area contributed by atoms with Crippen LogP contribution in [0.5, 0.6) is 0 Å². The van der Waals surface area contributed by atoms with Gasteiger partial charge in [0.15, 0.2) is 5.69 Å². The number of nitrogens with one attached hydrogen (secondary N) is 1. The monoisotopic (exact) mass is 432 g/mol. The highest BCUT2D eigenvalue weighted by molar-refractivity contribution is 7.85. The van der Waals surface area contributed by atoms with E-state index in [1.54, 1.807) is 0 Å². The molecule has 0 spiro atoms. The van der Waals surface area contributed by atoms with Gasteiger partial charge in [-0.15, -0.1) is 0 Å². The lowest BCUT2D eigenvalue weighted by Crippen LogP contribution is -2.27. The fraction of sp³-hybridized carbons (Fsp3) is 0.471. The number of hydrogen-bond donors (Lipinski definition) is 2. The Kier molecular flexibility index (Phi) is 5.94. The van der Waals surface area contributed by atoms with Crippen molar-refractivity contribution in [2.24, 2.45) is 5.92 Å². The number of imidazole rings is 1. The second-order valence-corrected chi connectivity index (χ2v) is 8.37. The average molecular weight is 432 g/mol. The maximum absolute atomic E-state index is 12.9. The molecule has 0 aliphatic heterocycles. The Morgan fingerprint density at radius 2 is 1.97 bits per heavy atom. The number of nitrogens with zero attached hydrogens (tertiary/aromatic N) is 3. The van der Waals surface area contributed by atoms with Crippen molar-refractivity contribution in [2.45, 2.75) is 49.2 Å². The molecule has 2 aromatic rings. The first-order valence-corrected chi connectivity index (χ1v) is 10.3. The fourth-order valence-corrected chi connectivity index (χ4v) is 3.82. The normalized spacial score (nSPS) is 16.7. The van der Waals surface area contributed by atoms with Crippen LogP contribution in [0.25, 0.3) is 0 Å². The lowest BCUT2D eigenvalue weighted by molar-refractivity contribution is -0.141. The summed E-state index contributed by atoms with van der Waals surface area (Å²) in [4.78, 5) is 19.5. The zero-order chi connectivity index (χ0) is 21.2. The SMILES string of the molecule is O=C(Nc1ccc(S(=O)(=O)O)cn1)C(CC1CCCC1)n1cnc(C(F)(F)F)c1. The number of halogens is 3. The van der Waals surface area contributed by atoms with Crippen molar-refractivity contribution in [2.75, 3.05) is 5.32 Å². The molecular formula is C17H19F3N4O4S.